The number of nitrogens with two attached hydrogens (primary N) is 1. The van der Waals surface area contributed by atoms with Crippen molar-refractivity contribution in [2.24, 2.45) is 5.73 Å². The van der Waals surface area contributed by atoms with Gasteiger partial charge in [-0.1, -0.05) is 30.3 Å². The minimum Gasteiger partial charge on any atom is -0.491 e. The second-order valence-electron chi connectivity index (χ2n) is 4.79. The number of hydrogen-bond donors (Lipinski definition) is 1. The molecular weight excluding hydrogens is 412 g/mol. The molecular formula is C17H17FINO3. The number of benzene rings is 2. The van der Waals surface area contributed by atoms with Gasteiger partial charge in [-0.25, -0.2) is 9.18 Å². The molecule has 0 aromatic heterocycles. The van der Waals surface area contributed by atoms with Crippen molar-refractivity contribution in [3.63, 3.8) is 0 Å². The van der Waals surface area contributed by atoms with Gasteiger partial charge in [0.15, 0.2) is 0 Å². The Morgan fingerprint density at radius 2 is 1.96 bits per heavy atom. The predicted octanol–water partition coefficient (Wildman–Crippen LogP) is 3.38. The van der Waals surface area contributed by atoms with Crippen LogP contribution in [0.1, 0.15) is 17.2 Å². The molecule has 122 valence electrons. The van der Waals surface area contributed by atoms with Gasteiger partial charge in [0.05, 0.1) is 0 Å². The van der Waals surface area contributed by atoms with E-state index >= 15 is 0 Å². The fourth-order valence-electron chi connectivity index (χ4n) is 1.95. The maximum Gasteiger partial charge on any atom is 0.327 e. The van der Waals surface area contributed by atoms with E-state index in [1.165, 1.54) is 0 Å². The standard InChI is InChI=1S/C17H17FINO3/c18-8-9-22-13-6-7-15(19)14(10-13)16(20)17(21)23-11-12-4-2-1-3-5-12/h1-7,10,16H,8-9,11,20H2. The Labute approximate surface area is 147 Å². The van der Waals surface area contributed by atoms with Crippen LogP contribution in [0.2, 0.25) is 0 Å². The van der Waals surface area contributed by atoms with Crippen molar-refractivity contribution in [1.29, 1.82) is 0 Å². The summed E-state index contributed by atoms with van der Waals surface area (Å²) in [5, 5.41) is 0. The smallest absolute Gasteiger partial charge is 0.327 e. The third-order valence-electron chi connectivity index (χ3n) is 3.13. The van der Waals surface area contributed by atoms with Crippen LogP contribution in [0.25, 0.3) is 0 Å². The zero-order valence-corrected chi connectivity index (χ0v) is 14.5. The van der Waals surface area contributed by atoms with Gasteiger partial charge in [0.25, 0.3) is 0 Å². The molecule has 6 heteroatoms. The highest BCUT2D eigenvalue weighted by molar-refractivity contribution is 14.1. The van der Waals surface area contributed by atoms with E-state index in [1.807, 2.05) is 30.3 Å². The Morgan fingerprint density at radius 3 is 2.65 bits per heavy atom. The summed E-state index contributed by atoms with van der Waals surface area (Å²) < 4.78 is 23.5. The van der Waals surface area contributed by atoms with Crippen LogP contribution in [0, 0.1) is 3.57 Å². The van der Waals surface area contributed by atoms with Gasteiger partial charge >= 0.3 is 5.97 Å². The van der Waals surface area contributed by atoms with Crippen LogP contribution in [-0.4, -0.2) is 19.3 Å². The van der Waals surface area contributed by atoms with Crippen molar-refractivity contribution in [3.8, 4) is 5.75 Å². The summed E-state index contributed by atoms with van der Waals surface area (Å²) in [6.07, 6.45) is 0. The van der Waals surface area contributed by atoms with E-state index in [0.29, 0.717) is 11.3 Å². The SMILES string of the molecule is NC(C(=O)OCc1ccccc1)c1cc(OCCF)ccc1I. The highest BCUT2D eigenvalue weighted by Crippen LogP contribution is 2.25. The highest BCUT2D eigenvalue weighted by Gasteiger charge is 2.20. The number of halogens is 2. The number of carbonyl (C=O) groups is 1. The van der Waals surface area contributed by atoms with Gasteiger partial charge in [0, 0.05) is 3.57 Å². The second-order valence-corrected chi connectivity index (χ2v) is 5.95. The molecule has 2 aromatic rings. The van der Waals surface area contributed by atoms with E-state index in [9.17, 15) is 9.18 Å². The Morgan fingerprint density at radius 1 is 1.22 bits per heavy atom. The third-order valence-corrected chi connectivity index (χ3v) is 4.11. The largest absolute Gasteiger partial charge is 0.491 e. The summed E-state index contributed by atoms with van der Waals surface area (Å²) in [7, 11) is 0. The van der Waals surface area contributed by atoms with Crippen LogP contribution in [0.5, 0.6) is 5.75 Å². The molecule has 1 unspecified atom stereocenters. The molecule has 0 spiro atoms. The monoisotopic (exact) mass is 429 g/mol. The summed E-state index contributed by atoms with van der Waals surface area (Å²) in [6, 6.07) is 13.6. The Hall–Kier alpha value is -1.67. The van der Waals surface area contributed by atoms with Crippen LogP contribution in [0.15, 0.2) is 48.5 Å². The molecule has 4 nitrogen and oxygen atoms in total. The number of ether oxygens (including phenoxy) is 2. The maximum absolute atomic E-state index is 12.2. The normalized spacial score (nSPS) is 11.8. The van der Waals surface area contributed by atoms with Crippen molar-refractivity contribution in [1.82, 2.24) is 0 Å². The molecule has 23 heavy (non-hydrogen) atoms. The molecule has 0 saturated heterocycles. The molecule has 0 bridgehead atoms. The van der Waals surface area contributed by atoms with E-state index in [1.54, 1.807) is 18.2 Å². The summed E-state index contributed by atoms with van der Waals surface area (Å²) in [5.41, 5.74) is 7.48. The molecule has 1 atom stereocenters. The first-order chi connectivity index (χ1) is 11.1. The van der Waals surface area contributed by atoms with E-state index in [4.69, 9.17) is 15.2 Å². The Bertz CT molecular complexity index is 652. The van der Waals surface area contributed by atoms with Gasteiger partial charge in [0.1, 0.15) is 31.7 Å². The number of rotatable bonds is 7. The summed E-state index contributed by atoms with van der Waals surface area (Å²) in [4.78, 5) is 12.1. The van der Waals surface area contributed by atoms with Gasteiger partial charge < -0.3 is 15.2 Å². The summed E-state index contributed by atoms with van der Waals surface area (Å²) in [6.45, 7) is -0.442. The number of carbonyl (C=O) groups excluding carboxylic acids is 1. The fraction of sp³-hybridized carbons (Fsp3) is 0.235. The average Bonchev–Trinajstić information content (AvgIpc) is 2.59. The zero-order valence-electron chi connectivity index (χ0n) is 12.4. The molecule has 0 aliphatic carbocycles. The second kappa shape index (κ2) is 8.83. The minimum absolute atomic E-state index is 0.0340. The van der Waals surface area contributed by atoms with E-state index in [0.717, 1.165) is 9.13 Å². The Balaban J connectivity index is 2.03. The van der Waals surface area contributed by atoms with Gasteiger partial charge in [-0.15, -0.1) is 0 Å². The number of alkyl halides is 1. The van der Waals surface area contributed by atoms with Gasteiger partial charge in [-0.05, 0) is 51.9 Å². The Kier molecular flexibility index (Phi) is 6.79. The molecule has 2 aromatic carbocycles. The molecule has 0 heterocycles. The lowest BCUT2D eigenvalue weighted by Crippen LogP contribution is -2.24. The van der Waals surface area contributed by atoms with E-state index in [-0.39, 0.29) is 13.2 Å². The molecule has 0 saturated carbocycles. The fourth-order valence-corrected chi connectivity index (χ4v) is 2.62. The lowest BCUT2D eigenvalue weighted by Gasteiger charge is -2.15. The molecule has 0 aliphatic heterocycles. The molecule has 2 rings (SSSR count). The first-order valence-electron chi connectivity index (χ1n) is 7.06. The van der Waals surface area contributed by atoms with Crippen molar-refractivity contribution >= 4 is 28.6 Å². The molecule has 0 amide bonds. The highest BCUT2D eigenvalue weighted by atomic mass is 127. The van der Waals surface area contributed by atoms with Gasteiger partial charge in [-0.3, -0.25) is 0 Å². The van der Waals surface area contributed by atoms with Crippen molar-refractivity contribution in [2.45, 2.75) is 12.6 Å². The summed E-state index contributed by atoms with van der Waals surface area (Å²) in [5.74, 6) is -0.0428. The average molecular weight is 429 g/mol. The lowest BCUT2D eigenvalue weighted by atomic mass is 10.1. The van der Waals surface area contributed by atoms with Gasteiger partial charge in [-0.2, -0.15) is 0 Å². The van der Waals surface area contributed by atoms with Crippen molar-refractivity contribution in [2.75, 3.05) is 13.3 Å². The zero-order chi connectivity index (χ0) is 16.7. The quantitative estimate of drug-likeness (QED) is 0.542. The maximum atomic E-state index is 12.2. The van der Waals surface area contributed by atoms with Crippen LogP contribution in [0.4, 0.5) is 4.39 Å². The van der Waals surface area contributed by atoms with Crippen LogP contribution in [0.3, 0.4) is 0 Å². The van der Waals surface area contributed by atoms with E-state index in [2.05, 4.69) is 22.6 Å². The number of hydrogen-bond acceptors (Lipinski definition) is 4. The number of esters is 1. The van der Waals surface area contributed by atoms with Crippen LogP contribution >= 0.6 is 22.6 Å². The van der Waals surface area contributed by atoms with E-state index < -0.39 is 18.7 Å². The third kappa shape index (κ3) is 5.18. The minimum atomic E-state index is -0.917. The first-order valence-corrected chi connectivity index (χ1v) is 8.14. The topological polar surface area (TPSA) is 61.6 Å². The van der Waals surface area contributed by atoms with Crippen LogP contribution < -0.4 is 10.5 Å². The summed E-state index contributed by atoms with van der Waals surface area (Å²) >= 11 is 2.09. The van der Waals surface area contributed by atoms with Crippen molar-refractivity contribution in [3.05, 3.63) is 63.2 Å². The predicted molar refractivity (Wildman–Crippen MR) is 93.8 cm³/mol. The molecule has 0 radical (unpaired) electrons. The molecule has 0 fully saturated rings. The van der Waals surface area contributed by atoms with Crippen molar-refractivity contribution < 1.29 is 18.7 Å². The van der Waals surface area contributed by atoms with Gasteiger partial charge in [0.2, 0.25) is 0 Å². The first kappa shape index (κ1) is 17.7. The molecule has 2 N–H and O–H groups in total. The molecule has 0 aliphatic rings. The lowest BCUT2D eigenvalue weighted by molar-refractivity contribution is -0.146. The van der Waals surface area contributed by atoms with Crippen LogP contribution in [-0.2, 0) is 16.1 Å².